The first-order valence-corrected chi connectivity index (χ1v) is 7.17. The van der Waals surface area contributed by atoms with E-state index in [1.807, 2.05) is 24.3 Å². The van der Waals surface area contributed by atoms with Crippen molar-refractivity contribution in [1.29, 1.82) is 0 Å². The Bertz CT molecular complexity index is 789. The van der Waals surface area contributed by atoms with Gasteiger partial charge < -0.3 is 9.84 Å². The number of fused-ring (bicyclic) bond motifs is 3. The molecule has 1 heterocycles. The van der Waals surface area contributed by atoms with Crippen molar-refractivity contribution in [3.05, 3.63) is 47.5 Å². The molecule has 3 aromatic rings. The van der Waals surface area contributed by atoms with Gasteiger partial charge in [-0.25, -0.2) is 0 Å². The SMILES string of the molecule is CC(=O)OCc1ccc2sc3ccc(CO)cc3c2c1. The fourth-order valence-electron chi connectivity index (χ4n) is 2.24. The minimum atomic E-state index is -0.275. The van der Waals surface area contributed by atoms with E-state index in [1.165, 1.54) is 16.3 Å². The Balaban J connectivity index is 2.10. The number of ether oxygens (including phenoxy) is 1. The highest BCUT2D eigenvalue weighted by molar-refractivity contribution is 7.25. The minimum Gasteiger partial charge on any atom is -0.461 e. The number of thiophene rings is 1. The Morgan fingerprint density at radius 3 is 2.30 bits per heavy atom. The highest BCUT2D eigenvalue weighted by Gasteiger charge is 2.07. The Morgan fingerprint density at radius 2 is 1.70 bits per heavy atom. The average Bonchev–Trinajstić information content (AvgIpc) is 2.82. The highest BCUT2D eigenvalue weighted by Crippen LogP contribution is 2.35. The van der Waals surface area contributed by atoms with Crippen molar-refractivity contribution in [2.24, 2.45) is 0 Å². The lowest BCUT2D eigenvalue weighted by molar-refractivity contribution is -0.142. The third-order valence-electron chi connectivity index (χ3n) is 3.22. The predicted molar refractivity (Wildman–Crippen MR) is 80.7 cm³/mol. The first kappa shape index (κ1) is 13.1. The van der Waals surface area contributed by atoms with Crippen LogP contribution < -0.4 is 0 Å². The van der Waals surface area contributed by atoms with E-state index in [0.29, 0.717) is 6.61 Å². The van der Waals surface area contributed by atoms with Crippen LogP contribution in [0.5, 0.6) is 0 Å². The summed E-state index contributed by atoms with van der Waals surface area (Å²) in [7, 11) is 0. The van der Waals surface area contributed by atoms with Crippen LogP contribution in [0.1, 0.15) is 18.1 Å². The lowest BCUT2D eigenvalue weighted by atomic mass is 10.1. The Labute approximate surface area is 120 Å². The van der Waals surface area contributed by atoms with Crippen LogP contribution in [-0.2, 0) is 22.7 Å². The molecule has 1 N–H and O–H groups in total. The number of carbonyl (C=O) groups excluding carboxylic acids is 1. The van der Waals surface area contributed by atoms with Gasteiger partial charge in [-0.2, -0.15) is 0 Å². The molecule has 4 heteroatoms. The molecule has 102 valence electrons. The molecule has 0 aliphatic carbocycles. The van der Waals surface area contributed by atoms with Gasteiger partial charge in [0, 0.05) is 27.1 Å². The van der Waals surface area contributed by atoms with E-state index < -0.39 is 0 Å². The number of benzene rings is 2. The summed E-state index contributed by atoms with van der Waals surface area (Å²) in [6.07, 6.45) is 0. The number of hydrogen-bond acceptors (Lipinski definition) is 4. The molecule has 0 aliphatic heterocycles. The predicted octanol–water partition coefficient (Wildman–Crippen LogP) is 3.61. The van der Waals surface area contributed by atoms with Gasteiger partial charge in [0.05, 0.1) is 6.61 Å². The van der Waals surface area contributed by atoms with Crippen LogP contribution in [0.15, 0.2) is 36.4 Å². The van der Waals surface area contributed by atoms with Crippen LogP contribution in [0.2, 0.25) is 0 Å². The fourth-order valence-corrected chi connectivity index (χ4v) is 3.31. The zero-order valence-corrected chi connectivity index (χ0v) is 11.9. The van der Waals surface area contributed by atoms with Gasteiger partial charge in [0.1, 0.15) is 6.61 Å². The molecule has 0 unspecified atom stereocenters. The summed E-state index contributed by atoms with van der Waals surface area (Å²) in [6, 6.07) is 12.1. The van der Waals surface area contributed by atoms with Crippen LogP contribution in [0.25, 0.3) is 20.2 Å². The van der Waals surface area contributed by atoms with Crippen molar-refractivity contribution in [2.45, 2.75) is 20.1 Å². The largest absolute Gasteiger partial charge is 0.461 e. The van der Waals surface area contributed by atoms with Crippen LogP contribution in [-0.4, -0.2) is 11.1 Å². The molecule has 3 nitrogen and oxygen atoms in total. The standard InChI is InChI=1S/C16H14O3S/c1-10(18)19-9-12-3-5-16-14(7-12)13-6-11(8-17)2-4-15(13)20-16/h2-7,17H,8-9H2,1H3. The second kappa shape index (κ2) is 5.23. The van der Waals surface area contributed by atoms with E-state index >= 15 is 0 Å². The molecule has 1 aromatic heterocycles. The normalized spacial score (nSPS) is 11.1. The number of aliphatic hydroxyl groups excluding tert-OH is 1. The molecular formula is C16H14O3S. The van der Waals surface area contributed by atoms with Crippen LogP contribution in [0.4, 0.5) is 0 Å². The third kappa shape index (κ3) is 2.40. The van der Waals surface area contributed by atoms with Gasteiger partial charge >= 0.3 is 5.97 Å². The van der Waals surface area contributed by atoms with Gasteiger partial charge in [0.2, 0.25) is 0 Å². The molecule has 0 saturated heterocycles. The molecule has 0 bridgehead atoms. The van der Waals surface area contributed by atoms with E-state index in [-0.39, 0.29) is 12.6 Å². The highest BCUT2D eigenvalue weighted by atomic mass is 32.1. The second-order valence-corrected chi connectivity index (χ2v) is 5.79. The van der Waals surface area contributed by atoms with Crippen LogP contribution in [0.3, 0.4) is 0 Å². The maximum Gasteiger partial charge on any atom is 0.302 e. The quantitative estimate of drug-likeness (QED) is 0.748. The van der Waals surface area contributed by atoms with Crippen LogP contribution in [0, 0.1) is 0 Å². The monoisotopic (exact) mass is 286 g/mol. The Hall–Kier alpha value is -1.91. The maximum atomic E-state index is 10.9. The topological polar surface area (TPSA) is 46.5 Å². The summed E-state index contributed by atoms with van der Waals surface area (Å²) in [6.45, 7) is 1.74. The van der Waals surface area contributed by atoms with E-state index in [1.54, 1.807) is 11.3 Å². The molecule has 0 fully saturated rings. The summed E-state index contributed by atoms with van der Waals surface area (Å²) in [5, 5.41) is 11.5. The minimum absolute atomic E-state index is 0.0421. The third-order valence-corrected chi connectivity index (χ3v) is 4.37. The van der Waals surface area contributed by atoms with Gasteiger partial charge in [-0.3, -0.25) is 4.79 Å². The molecular weight excluding hydrogens is 272 g/mol. The molecule has 0 aliphatic rings. The summed E-state index contributed by atoms with van der Waals surface area (Å²) >= 11 is 1.72. The van der Waals surface area contributed by atoms with E-state index in [9.17, 15) is 9.90 Å². The smallest absolute Gasteiger partial charge is 0.302 e. The van der Waals surface area contributed by atoms with Crippen molar-refractivity contribution < 1.29 is 14.6 Å². The van der Waals surface area contributed by atoms with Crippen molar-refractivity contribution in [1.82, 2.24) is 0 Å². The van der Waals surface area contributed by atoms with Gasteiger partial charge in [-0.05, 0) is 35.4 Å². The summed E-state index contributed by atoms with van der Waals surface area (Å²) in [5.74, 6) is -0.275. The second-order valence-electron chi connectivity index (χ2n) is 4.70. The van der Waals surface area contributed by atoms with Crippen LogP contribution >= 0.6 is 11.3 Å². The first-order valence-electron chi connectivity index (χ1n) is 6.35. The number of hydrogen-bond donors (Lipinski definition) is 1. The molecule has 0 spiro atoms. The zero-order chi connectivity index (χ0) is 14.1. The van der Waals surface area contributed by atoms with E-state index in [4.69, 9.17) is 4.74 Å². The molecule has 20 heavy (non-hydrogen) atoms. The maximum absolute atomic E-state index is 10.9. The molecule has 3 rings (SSSR count). The van der Waals surface area contributed by atoms with Gasteiger partial charge in [0.25, 0.3) is 0 Å². The number of rotatable bonds is 3. The van der Waals surface area contributed by atoms with Gasteiger partial charge in [-0.1, -0.05) is 12.1 Å². The Morgan fingerprint density at radius 1 is 1.10 bits per heavy atom. The molecule has 0 amide bonds. The van der Waals surface area contributed by atoms with Crippen molar-refractivity contribution >= 4 is 37.5 Å². The van der Waals surface area contributed by atoms with Gasteiger partial charge in [0.15, 0.2) is 0 Å². The van der Waals surface area contributed by atoms with Crippen molar-refractivity contribution in [2.75, 3.05) is 0 Å². The molecule has 2 aromatic carbocycles. The Kier molecular flexibility index (Phi) is 3.42. The molecule has 0 atom stereocenters. The number of carbonyl (C=O) groups is 1. The molecule has 0 radical (unpaired) electrons. The van der Waals surface area contributed by atoms with E-state index in [2.05, 4.69) is 12.1 Å². The van der Waals surface area contributed by atoms with Crippen molar-refractivity contribution in [3.63, 3.8) is 0 Å². The molecule has 0 saturated carbocycles. The summed E-state index contributed by atoms with van der Waals surface area (Å²) in [4.78, 5) is 10.9. The first-order chi connectivity index (χ1) is 9.67. The number of esters is 1. The zero-order valence-electron chi connectivity index (χ0n) is 11.1. The fraction of sp³-hybridized carbons (Fsp3) is 0.188. The van der Waals surface area contributed by atoms with Gasteiger partial charge in [-0.15, -0.1) is 11.3 Å². The van der Waals surface area contributed by atoms with E-state index in [0.717, 1.165) is 21.9 Å². The summed E-state index contributed by atoms with van der Waals surface area (Å²) < 4.78 is 7.43. The number of aliphatic hydroxyl groups is 1. The lowest BCUT2D eigenvalue weighted by Gasteiger charge is -2.02. The lowest BCUT2D eigenvalue weighted by Crippen LogP contribution is -1.98. The average molecular weight is 286 g/mol. The van der Waals surface area contributed by atoms with Crippen molar-refractivity contribution in [3.8, 4) is 0 Å². The summed E-state index contributed by atoms with van der Waals surface area (Å²) in [5.41, 5.74) is 1.88.